The molecule has 0 unspecified atom stereocenters. The molecular formula is C19H18BrN5O5S2. The van der Waals surface area contributed by atoms with Gasteiger partial charge in [-0.2, -0.15) is 0 Å². The molecule has 0 fully saturated rings. The van der Waals surface area contributed by atoms with Gasteiger partial charge in [-0.25, -0.2) is 31.5 Å². The van der Waals surface area contributed by atoms with Crippen LogP contribution in [-0.2, 0) is 24.8 Å². The standard InChI is InChI=1S/C19H18BrN5O5S2/c1-31(27,28)25(16-5-2-4-14(20)12-16)13-18(26)23-15-6-8-17(9-7-15)32(29,30)24-19-21-10-3-11-22-19/h2-12H,13H2,1H3,(H,23,26)(H,21,22,24). The minimum atomic E-state index is -3.92. The van der Waals surface area contributed by atoms with Gasteiger partial charge >= 0.3 is 0 Å². The van der Waals surface area contributed by atoms with Crippen molar-refractivity contribution in [2.75, 3.05) is 27.1 Å². The summed E-state index contributed by atoms with van der Waals surface area (Å²) in [6, 6.07) is 13.5. The van der Waals surface area contributed by atoms with Gasteiger partial charge in [-0.3, -0.25) is 9.10 Å². The number of hydrogen-bond donors (Lipinski definition) is 2. The molecule has 0 saturated heterocycles. The number of carbonyl (C=O) groups is 1. The van der Waals surface area contributed by atoms with Crippen LogP contribution in [0.5, 0.6) is 0 Å². The summed E-state index contributed by atoms with van der Waals surface area (Å²) in [5, 5.41) is 2.56. The molecule has 2 N–H and O–H groups in total. The quantitative estimate of drug-likeness (QED) is 0.448. The lowest BCUT2D eigenvalue weighted by Gasteiger charge is -2.22. The Morgan fingerprint density at radius 1 is 1.00 bits per heavy atom. The Bertz CT molecular complexity index is 1320. The Hall–Kier alpha value is -3.03. The topological polar surface area (TPSA) is 138 Å². The third kappa shape index (κ3) is 6.24. The maximum absolute atomic E-state index is 12.5. The Kier molecular flexibility index (Phi) is 7.11. The van der Waals surface area contributed by atoms with E-state index in [1.807, 2.05) is 0 Å². The summed E-state index contributed by atoms with van der Waals surface area (Å²) in [7, 11) is -7.64. The van der Waals surface area contributed by atoms with E-state index in [4.69, 9.17) is 0 Å². The van der Waals surface area contributed by atoms with E-state index in [1.54, 1.807) is 30.3 Å². The van der Waals surface area contributed by atoms with E-state index >= 15 is 0 Å². The Labute approximate surface area is 193 Å². The van der Waals surface area contributed by atoms with E-state index in [0.29, 0.717) is 15.8 Å². The maximum atomic E-state index is 12.5. The van der Waals surface area contributed by atoms with E-state index in [-0.39, 0.29) is 10.8 Å². The van der Waals surface area contributed by atoms with Crippen LogP contribution in [0.15, 0.2) is 76.4 Å². The SMILES string of the molecule is CS(=O)(=O)N(CC(=O)Nc1ccc(S(=O)(=O)Nc2ncccn2)cc1)c1cccc(Br)c1. The van der Waals surface area contributed by atoms with Crippen molar-refractivity contribution in [2.45, 2.75) is 4.90 Å². The first-order valence-electron chi connectivity index (χ1n) is 8.98. The van der Waals surface area contributed by atoms with Crippen molar-refractivity contribution < 1.29 is 21.6 Å². The second-order valence-electron chi connectivity index (χ2n) is 6.50. The Morgan fingerprint density at radius 2 is 1.66 bits per heavy atom. The second-order valence-corrected chi connectivity index (χ2v) is 11.0. The zero-order valence-electron chi connectivity index (χ0n) is 16.6. The fourth-order valence-corrected chi connectivity index (χ4v) is 4.80. The molecule has 0 spiro atoms. The van der Waals surface area contributed by atoms with Crippen molar-refractivity contribution >= 4 is 59.2 Å². The summed E-state index contributed by atoms with van der Waals surface area (Å²) in [4.78, 5) is 20.0. The molecule has 2 aromatic carbocycles. The molecular weight excluding hydrogens is 522 g/mol. The van der Waals surface area contributed by atoms with Crippen LogP contribution in [0.3, 0.4) is 0 Å². The monoisotopic (exact) mass is 539 g/mol. The van der Waals surface area contributed by atoms with Gasteiger partial charge in [-0.1, -0.05) is 22.0 Å². The highest BCUT2D eigenvalue weighted by Crippen LogP contribution is 2.22. The predicted octanol–water partition coefficient (Wildman–Crippen LogP) is 2.44. The molecule has 3 aromatic rings. The van der Waals surface area contributed by atoms with Crippen LogP contribution in [0.2, 0.25) is 0 Å². The van der Waals surface area contributed by atoms with Gasteiger partial charge in [-0.05, 0) is 48.5 Å². The number of rotatable bonds is 8. The fraction of sp³-hybridized carbons (Fsp3) is 0.105. The first-order valence-corrected chi connectivity index (χ1v) is 13.1. The zero-order chi connectivity index (χ0) is 23.4. The van der Waals surface area contributed by atoms with Crippen LogP contribution in [0.25, 0.3) is 0 Å². The number of nitrogens with zero attached hydrogens (tertiary/aromatic N) is 3. The molecule has 168 valence electrons. The second kappa shape index (κ2) is 9.63. The van der Waals surface area contributed by atoms with E-state index in [9.17, 15) is 21.6 Å². The summed E-state index contributed by atoms with van der Waals surface area (Å²) in [6.07, 6.45) is 3.80. The van der Waals surface area contributed by atoms with Crippen LogP contribution >= 0.6 is 15.9 Å². The van der Waals surface area contributed by atoms with Gasteiger partial charge < -0.3 is 5.32 Å². The molecule has 1 amide bonds. The number of benzene rings is 2. The predicted molar refractivity (Wildman–Crippen MR) is 124 cm³/mol. The molecule has 0 aliphatic rings. The fourth-order valence-electron chi connectivity index (χ4n) is 2.61. The first-order chi connectivity index (χ1) is 15.0. The summed E-state index contributed by atoms with van der Waals surface area (Å²) >= 11 is 3.28. The largest absolute Gasteiger partial charge is 0.325 e. The van der Waals surface area contributed by atoms with Crippen LogP contribution in [-0.4, -0.2) is 45.5 Å². The van der Waals surface area contributed by atoms with Gasteiger partial charge in [0.05, 0.1) is 16.8 Å². The van der Waals surface area contributed by atoms with Gasteiger partial charge in [0.25, 0.3) is 10.0 Å². The molecule has 10 nitrogen and oxygen atoms in total. The highest BCUT2D eigenvalue weighted by atomic mass is 79.9. The summed E-state index contributed by atoms with van der Waals surface area (Å²) in [5.74, 6) is -0.667. The smallest absolute Gasteiger partial charge is 0.264 e. The molecule has 3 rings (SSSR count). The van der Waals surface area contributed by atoms with Crippen molar-refractivity contribution in [2.24, 2.45) is 0 Å². The van der Waals surface area contributed by atoms with Crippen molar-refractivity contribution in [3.8, 4) is 0 Å². The van der Waals surface area contributed by atoms with Crippen molar-refractivity contribution in [1.29, 1.82) is 0 Å². The number of amides is 1. The van der Waals surface area contributed by atoms with Crippen LogP contribution < -0.4 is 14.3 Å². The third-order valence-corrected chi connectivity index (χ3v) is 7.00. The lowest BCUT2D eigenvalue weighted by Crippen LogP contribution is -2.37. The molecule has 0 radical (unpaired) electrons. The van der Waals surface area contributed by atoms with Crippen LogP contribution in [0.1, 0.15) is 0 Å². The number of anilines is 3. The minimum absolute atomic E-state index is 0.0603. The van der Waals surface area contributed by atoms with E-state index in [0.717, 1.165) is 10.6 Å². The average molecular weight is 540 g/mol. The van der Waals surface area contributed by atoms with E-state index < -0.39 is 32.5 Å². The van der Waals surface area contributed by atoms with Gasteiger partial charge in [0.1, 0.15) is 6.54 Å². The normalized spacial score (nSPS) is 11.6. The lowest BCUT2D eigenvalue weighted by atomic mass is 10.3. The van der Waals surface area contributed by atoms with Gasteiger partial charge in [0.2, 0.25) is 21.9 Å². The van der Waals surface area contributed by atoms with Gasteiger partial charge in [-0.15, -0.1) is 0 Å². The summed E-state index contributed by atoms with van der Waals surface area (Å²) < 4.78 is 53.1. The average Bonchev–Trinajstić information content (AvgIpc) is 2.72. The summed E-state index contributed by atoms with van der Waals surface area (Å²) in [5.41, 5.74) is 0.625. The zero-order valence-corrected chi connectivity index (χ0v) is 19.9. The number of hydrogen-bond acceptors (Lipinski definition) is 7. The number of carbonyl (C=O) groups excluding carboxylic acids is 1. The molecule has 0 saturated carbocycles. The molecule has 32 heavy (non-hydrogen) atoms. The van der Waals surface area contributed by atoms with Crippen LogP contribution in [0, 0.1) is 0 Å². The number of nitrogens with one attached hydrogen (secondary N) is 2. The molecule has 0 bridgehead atoms. The van der Waals surface area contributed by atoms with E-state index in [1.165, 1.54) is 36.7 Å². The third-order valence-electron chi connectivity index (χ3n) is 4.02. The highest BCUT2D eigenvalue weighted by Gasteiger charge is 2.21. The molecule has 13 heteroatoms. The van der Waals surface area contributed by atoms with E-state index in [2.05, 4.69) is 35.9 Å². The number of aromatic nitrogens is 2. The van der Waals surface area contributed by atoms with Gasteiger partial charge in [0, 0.05) is 22.6 Å². The molecule has 0 aliphatic carbocycles. The first kappa shape index (κ1) is 23.6. The highest BCUT2D eigenvalue weighted by molar-refractivity contribution is 9.10. The Balaban J connectivity index is 1.71. The van der Waals surface area contributed by atoms with Crippen molar-refractivity contribution in [3.63, 3.8) is 0 Å². The van der Waals surface area contributed by atoms with Crippen molar-refractivity contribution in [1.82, 2.24) is 9.97 Å². The lowest BCUT2D eigenvalue weighted by molar-refractivity contribution is -0.114. The maximum Gasteiger partial charge on any atom is 0.264 e. The molecule has 1 heterocycles. The minimum Gasteiger partial charge on any atom is -0.325 e. The van der Waals surface area contributed by atoms with Gasteiger partial charge in [0.15, 0.2) is 0 Å². The number of halogens is 1. The Morgan fingerprint density at radius 3 is 2.25 bits per heavy atom. The van der Waals surface area contributed by atoms with Crippen LogP contribution in [0.4, 0.5) is 17.3 Å². The summed E-state index contributed by atoms with van der Waals surface area (Å²) in [6.45, 7) is -0.456. The molecule has 0 aliphatic heterocycles. The van der Waals surface area contributed by atoms with Crippen molar-refractivity contribution in [3.05, 3.63) is 71.5 Å². The molecule has 0 atom stereocenters. The molecule has 1 aromatic heterocycles. The number of sulfonamides is 2.